The summed E-state index contributed by atoms with van der Waals surface area (Å²) in [5.41, 5.74) is 2.32. The van der Waals surface area contributed by atoms with E-state index in [1.165, 1.54) is 6.08 Å². The molecule has 0 aliphatic carbocycles. The van der Waals surface area contributed by atoms with Gasteiger partial charge < -0.3 is 4.74 Å². The fourth-order valence-electron chi connectivity index (χ4n) is 1.27. The molecule has 82 valence electrons. The molecule has 0 saturated heterocycles. The van der Waals surface area contributed by atoms with E-state index < -0.39 is 5.97 Å². The number of benzene rings is 1. The standard InChI is InChI=1S/C13H13NO2/c1-3-16-13(15)7-6-11-8-10(2)4-5-12(11)9-14/h4-8H,3H2,1-2H3. The number of nitriles is 1. The average Bonchev–Trinajstić information content (AvgIpc) is 2.27. The van der Waals surface area contributed by atoms with Gasteiger partial charge in [-0.05, 0) is 31.6 Å². The lowest BCUT2D eigenvalue weighted by atomic mass is 10.1. The second kappa shape index (κ2) is 5.72. The van der Waals surface area contributed by atoms with Crippen molar-refractivity contribution < 1.29 is 9.53 Å². The number of carbonyl (C=O) groups excluding carboxylic acids is 1. The molecular weight excluding hydrogens is 202 g/mol. The van der Waals surface area contributed by atoms with Crippen molar-refractivity contribution in [1.29, 1.82) is 5.26 Å². The maximum Gasteiger partial charge on any atom is 0.330 e. The van der Waals surface area contributed by atoms with Gasteiger partial charge in [-0.15, -0.1) is 0 Å². The summed E-state index contributed by atoms with van der Waals surface area (Å²) in [6.07, 6.45) is 2.93. The van der Waals surface area contributed by atoms with Crippen LogP contribution in [0.25, 0.3) is 6.08 Å². The molecule has 1 rings (SSSR count). The highest BCUT2D eigenvalue weighted by atomic mass is 16.5. The summed E-state index contributed by atoms with van der Waals surface area (Å²) in [6, 6.07) is 7.53. The first-order valence-corrected chi connectivity index (χ1v) is 5.03. The van der Waals surface area contributed by atoms with Crippen molar-refractivity contribution in [3.05, 3.63) is 41.0 Å². The van der Waals surface area contributed by atoms with Crippen molar-refractivity contribution in [3.63, 3.8) is 0 Å². The monoisotopic (exact) mass is 215 g/mol. The van der Waals surface area contributed by atoms with Crippen molar-refractivity contribution in [2.75, 3.05) is 6.61 Å². The Bertz CT molecular complexity index is 455. The molecule has 0 amide bonds. The van der Waals surface area contributed by atoms with E-state index in [9.17, 15) is 4.79 Å². The topological polar surface area (TPSA) is 50.1 Å². The number of aryl methyl sites for hydroxylation is 1. The number of esters is 1. The minimum atomic E-state index is -0.395. The highest BCUT2D eigenvalue weighted by molar-refractivity contribution is 5.87. The largest absolute Gasteiger partial charge is 0.463 e. The molecule has 0 radical (unpaired) electrons. The Kier molecular flexibility index (Phi) is 4.28. The summed E-state index contributed by atoms with van der Waals surface area (Å²) in [5, 5.41) is 8.88. The zero-order valence-electron chi connectivity index (χ0n) is 9.36. The van der Waals surface area contributed by atoms with Crippen LogP contribution in [0.1, 0.15) is 23.6 Å². The molecule has 0 bridgehead atoms. The van der Waals surface area contributed by atoms with E-state index in [0.717, 1.165) is 11.1 Å². The van der Waals surface area contributed by atoms with E-state index in [1.54, 1.807) is 19.1 Å². The molecule has 3 heteroatoms. The molecule has 0 unspecified atom stereocenters. The zero-order valence-corrected chi connectivity index (χ0v) is 9.36. The van der Waals surface area contributed by atoms with Gasteiger partial charge in [0.15, 0.2) is 0 Å². The summed E-state index contributed by atoms with van der Waals surface area (Å²) in [5.74, 6) is -0.395. The van der Waals surface area contributed by atoms with Gasteiger partial charge in [0.25, 0.3) is 0 Å². The highest BCUT2D eigenvalue weighted by Crippen LogP contribution is 2.12. The van der Waals surface area contributed by atoms with Crippen molar-refractivity contribution in [2.24, 2.45) is 0 Å². The van der Waals surface area contributed by atoms with E-state index in [2.05, 4.69) is 6.07 Å². The Morgan fingerprint density at radius 1 is 1.56 bits per heavy atom. The number of ether oxygens (including phenoxy) is 1. The quantitative estimate of drug-likeness (QED) is 0.574. The maximum atomic E-state index is 11.1. The van der Waals surface area contributed by atoms with Crippen molar-refractivity contribution in [3.8, 4) is 6.07 Å². The second-order valence-electron chi connectivity index (χ2n) is 3.29. The third-order valence-electron chi connectivity index (χ3n) is 2.01. The first-order chi connectivity index (χ1) is 7.67. The fourth-order valence-corrected chi connectivity index (χ4v) is 1.27. The van der Waals surface area contributed by atoms with E-state index in [1.807, 2.05) is 19.1 Å². The Hall–Kier alpha value is -2.08. The predicted molar refractivity (Wildman–Crippen MR) is 61.6 cm³/mol. The third-order valence-corrected chi connectivity index (χ3v) is 2.01. The first kappa shape index (κ1) is 12.0. The first-order valence-electron chi connectivity index (χ1n) is 5.03. The molecular formula is C13H13NO2. The molecule has 0 fully saturated rings. The van der Waals surface area contributed by atoms with Gasteiger partial charge in [-0.25, -0.2) is 4.79 Å². The molecule has 1 aromatic rings. The Morgan fingerprint density at radius 2 is 2.31 bits per heavy atom. The lowest BCUT2D eigenvalue weighted by molar-refractivity contribution is -0.137. The predicted octanol–water partition coefficient (Wildman–Crippen LogP) is 2.44. The SMILES string of the molecule is CCOC(=O)C=Cc1cc(C)ccc1C#N. The van der Waals surface area contributed by atoms with Crippen LogP contribution in [0.2, 0.25) is 0 Å². The minimum Gasteiger partial charge on any atom is -0.463 e. The molecule has 0 heterocycles. The third kappa shape index (κ3) is 3.25. The van der Waals surface area contributed by atoms with Crippen LogP contribution in [0, 0.1) is 18.3 Å². The number of hydrogen-bond donors (Lipinski definition) is 0. The smallest absolute Gasteiger partial charge is 0.330 e. The van der Waals surface area contributed by atoms with Gasteiger partial charge in [0, 0.05) is 6.08 Å². The summed E-state index contributed by atoms with van der Waals surface area (Å²) in [4.78, 5) is 11.1. The van der Waals surface area contributed by atoms with Crippen molar-refractivity contribution in [1.82, 2.24) is 0 Å². The van der Waals surface area contributed by atoms with Gasteiger partial charge >= 0.3 is 5.97 Å². The lowest BCUT2D eigenvalue weighted by Gasteiger charge is -1.99. The van der Waals surface area contributed by atoms with Crippen LogP contribution in [-0.4, -0.2) is 12.6 Å². The number of hydrogen-bond acceptors (Lipinski definition) is 3. The van der Waals surface area contributed by atoms with Crippen LogP contribution in [-0.2, 0) is 9.53 Å². The fraction of sp³-hybridized carbons (Fsp3) is 0.231. The van der Waals surface area contributed by atoms with E-state index in [0.29, 0.717) is 12.2 Å². The van der Waals surface area contributed by atoms with E-state index in [-0.39, 0.29) is 0 Å². The van der Waals surface area contributed by atoms with Crippen LogP contribution in [0.4, 0.5) is 0 Å². The van der Waals surface area contributed by atoms with Crippen LogP contribution in [0.3, 0.4) is 0 Å². The Morgan fingerprint density at radius 3 is 2.94 bits per heavy atom. The van der Waals surface area contributed by atoms with Crippen LogP contribution in [0.15, 0.2) is 24.3 Å². The summed E-state index contributed by atoms with van der Waals surface area (Å²) < 4.78 is 4.76. The molecule has 3 nitrogen and oxygen atoms in total. The highest BCUT2D eigenvalue weighted by Gasteiger charge is 2.00. The van der Waals surface area contributed by atoms with E-state index in [4.69, 9.17) is 10.00 Å². The lowest BCUT2D eigenvalue weighted by Crippen LogP contribution is -1.98. The van der Waals surface area contributed by atoms with Gasteiger partial charge in [-0.1, -0.05) is 17.7 Å². The average molecular weight is 215 g/mol. The van der Waals surface area contributed by atoms with Gasteiger partial charge in [0.1, 0.15) is 0 Å². The molecule has 0 saturated carbocycles. The van der Waals surface area contributed by atoms with Gasteiger partial charge in [0.2, 0.25) is 0 Å². The van der Waals surface area contributed by atoms with Crippen molar-refractivity contribution >= 4 is 12.0 Å². The second-order valence-corrected chi connectivity index (χ2v) is 3.29. The summed E-state index contributed by atoms with van der Waals surface area (Å²) in [7, 11) is 0. The molecule has 0 atom stereocenters. The molecule has 0 spiro atoms. The number of nitrogens with zero attached hydrogens (tertiary/aromatic N) is 1. The van der Waals surface area contributed by atoms with Crippen molar-refractivity contribution in [2.45, 2.75) is 13.8 Å². The molecule has 0 aliphatic heterocycles. The maximum absolute atomic E-state index is 11.1. The van der Waals surface area contributed by atoms with Gasteiger partial charge in [-0.3, -0.25) is 0 Å². The normalized spacial score (nSPS) is 10.1. The van der Waals surface area contributed by atoms with Crippen LogP contribution >= 0.6 is 0 Å². The van der Waals surface area contributed by atoms with Gasteiger partial charge in [0.05, 0.1) is 18.2 Å². The molecule has 0 aliphatic rings. The summed E-state index contributed by atoms with van der Waals surface area (Å²) >= 11 is 0. The van der Waals surface area contributed by atoms with Crippen LogP contribution in [0.5, 0.6) is 0 Å². The van der Waals surface area contributed by atoms with Crippen LogP contribution < -0.4 is 0 Å². The zero-order chi connectivity index (χ0) is 12.0. The number of rotatable bonds is 3. The Balaban J connectivity index is 2.92. The summed E-state index contributed by atoms with van der Waals surface area (Å²) in [6.45, 7) is 4.03. The molecule has 0 aromatic heterocycles. The number of carbonyl (C=O) groups is 1. The molecule has 16 heavy (non-hydrogen) atoms. The Labute approximate surface area is 95.0 Å². The molecule has 1 aromatic carbocycles. The van der Waals surface area contributed by atoms with Gasteiger partial charge in [-0.2, -0.15) is 5.26 Å². The van der Waals surface area contributed by atoms with E-state index >= 15 is 0 Å². The molecule has 0 N–H and O–H groups in total. The minimum absolute atomic E-state index is 0.349.